The van der Waals surface area contributed by atoms with E-state index in [2.05, 4.69) is 4.90 Å². The number of carboxylic acid groups (broad SMARTS) is 2. The fourth-order valence-electron chi connectivity index (χ4n) is 4.34. The number of nitrogens with zero attached hydrogens (tertiary/aromatic N) is 2. The first-order valence-corrected chi connectivity index (χ1v) is 12.1. The average Bonchev–Trinajstić information content (AvgIpc) is 3.19. The van der Waals surface area contributed by atoms with Crippen LogP contribution >= 0.6 is 0 Å². The Morgan fingerprint density at radius 3 is 2.13 bits per heavy atom. The molecule has 2 heterocycles. The number of alkyl halides is 3. The molecule has 0 aromatic heterocycles. The summed E-state index contributed by atoms with van der Waals surface area (Å²) in [5.41, 5.74) is 1.27. The second-order valence-corrected chi connectivity index (χ2v) is 9.01. The van der Waals surface area contributed by atoms with Crippen LogP contribution in [0.5, 0.6) is 5.75 Å². The topological polar surface area (TPSA) is 107 Å². The third kappa shape index (κ3) is 8.62. The summed E-state index contributed by atoms with van der Waals surface area (Å²) in [6, 6.07) is 12.6. The van der Waals surface area contributed by atoms with E-state index in [9.17, 15) is 27.6 Å². The zero-order valence-corrected chi connectivity index (χ0v) is 20.6. The molecule has 4 rings (SSSR count). The summed E-state index contributed by atoms with van der Waals surface area (Å²) >= 11 is 0. The molecule has 0 unspecified atom stereocenters. The van der Waals surface area contributed by atoms with Gasteiger partial charge in [-0.25, -0.2) is 9.59 Å². The van der Waals surface area contributed by atoms with Gasteiger partial charge < -0.3 is 19.8 Å². The van der Waals surface area contributed by atoms with Crippen molar-refractivity contribution in [1.82, 2.24) is 9.80 Å². The van der Waals surface area contributed by atoms with Crippen molar-refractivity contribution in [2.75, 3.05) is 32.8 Å². The van der Waals surface area contributed by atoms with Crippen molar-refractivity contribution < 1.29 is 42.5 Å². The Labute approximate surface area is 217 Å². The van der Waals surface area contributed by atoms with Crippen molar-refractivity contribution in [3.8, 4) is 5.75 Å². The quantitative estimate of drug-likeness (QED) is 0.490. The molecular weight excluding hydrogens is 505 g/mol. The number of aliphatic carboxylic acids is 2. The summed E-state index contributed by atoms with van der Waals surface area (Å²) in [6.07, 6.45) is -1.16. The third-order valence-electron chi connectivity index (χ3n) is 6.31. The summed E-state index contributed by atoms with van der Waals surface area (Å²) in [4.78, 5) is 35.9. The van der Waals surface area contributed by atoms with Crippen molar-refractivity contribution in [2.24, 2.45) is 5.92 Å². The number of amides is 1. The molecule has 2 N–H and O–H groups in total. The standard InChI is InChI=1S/C23H25F3N2O2.C4H4O4/c24-23(25,26)19-5-7-20(8-6-19)30-14-13-27-11-9-17(10-12-27)15-28-16-18-3-1-2-4-21(18)22(28)29;5-3(6)1-2-4(7)8/h1-8,17H,9-16H2;1-2H,(H,5,6)(H,7,8). The van der Waals surface area contributed by atoms with Gasteiger partial charge in [0.1, 0.15) is 12.4 Å². The Balaban J connectivity index is 0.000000436. The van der Waals surface area contributed by atoms with Crippen molar-refractivity contribution in [3.05, 3.63) is 77.4 Å². The third-order valence-corrected chi connectivity index (χ3v) is 6.31. The monoisotopic (exact) mass is 534 g/mol. The molecule has 11 heteroatoms. The molecule has 0 radical (unpaired) electrons. The van der Waals surface area contributed by atoms with Crippen LogP contribution in [0, 0.1) is 5.92 Å². The van der Waals surface area contributed by atoms with Gasteiger partial charge in [-0.2, -0.15) is 13.2 Å². The van der Waals surface area contributed by atoms with Crippen LogP contribution in [-0.2, 0) is 22.3 Å². The highest BCUT2D eigenvalue weighted by Crippen LogP contribution is 2.30. The fourth-order valence-corrected chi connectivity index (χ4v) is 4.34. The molecule has 1 fully saturated rings. The molecule has 2 aromatic carbocycles. The predicted molar refractivity (Wildman–Crippen MR) is 132 cm³/mol. The minimum absolute atomic E-state index is 0.137. The van der Waals surface area contributed by atoms with E-state index in [4.69, 9.17) is 14.9 Å². The van der Waals surface area contributed by atoms with Gasteiger partial charge in [0.05, 0.1) is 5.56 Å². The van der Waals surface area contributed by atoms with Gasteiger partial charge in [-0.1, -0.05) is 18.2 Å². The van der Waals surface area contributed by atoms with Crippen LogP contribution in [-0.4, -0.2) is 70.6 Å². The Bertz CT molecular complexity index is 1130. The summed E-state index contributed by atoms with van der Waals surface area (Å²) in [5.74, 6) is -1.43. The second kappa shape index (κ2) is 13.1. The van der Waals surface area contributed by atoms with Crippen LogP contribution in [0.15, 0.2) is 60.7 Å². The number of ether oxygens (including phenoxy) is 1. The maximum absolute atomic E-state index is 12.6. The number of likely N-dealkylation sites (tertiary alicyclic amines) is 1. The zero-order valence-electron chi connectivity index (χ0n) is 20.6. The van der Waals surface area contributed by atoms with Gasteiger partial charge in [-0.05, 0) is 67.7 Å². The number of hydrogen-bond acceptors (Lipinski definition) is 5. The van der Waals surface area contributed by atoms with Gasteiger partial charge in [0.25, 0.3) is 5.91 Å². The van der Waals surface area contributed by atoms with Crippen LogP contribution in [0.25, 0.3) is 0 Å². The first kappa shape index (κ1) is 28.7. The smallest absolute Gasteiger partial charge is 0.416 e. The Morgan fingerprint density at radius 2 is 1.58 bits per heavy atom. The minimum Gasteiger partial charge on any atom is -0.492 e. The van der Waals surface area contributed by atoms with Crippen molar-refractivity contribution in [3.63, 3.8) is 0 Å². The summed E-state index contributed by atoms with van der Waals surface area (Å²) in [6.45, 7) is 4.56. The van der Waals surface area contributed by atoms with E-state index >= 15 is 0 Å². The second-order valence-electron chi connectivity index (χ2n) is 9.01. The molecule has 1 amide bonds. The van der Waals surface area contributed by atoms with Gasteiger partial charge in [-0.3, -0.25) is 9.69 Å². The van der Waals surface area contributed by atoms with Crippen molar-refractivity contribution in [2.45, 2.75) is 25.6 Å². The number of hydrogen-bond donors (Lipinski definition) is 2. The van der Waals surface area contributed by atoms with E-state index in [0.717, 1.165) is 62.3 Å². The Morgan fingerprint density at radius 1 is 0.974 bits per heavy atom. The molecule has 38 heavy (non-hydrogen) atoms. The molecular formula is C27H29F3N2O6. The SMILES string of the molecule is O=C(O)C=CC(=O)O.O=C1c2ccccc2CN1CC1CCN(CCOc2ccc(C(F)(F)F)cc2)CC1. The average molecular weight is 535 g/mol. The van der Waals surface area contributed by atoms with Crippen LogP contribution in [0.4, 0.5) is 13.2 Å². The molecule has 2 aromatic rings. The lowest BCUT2D eigenvalue weighted by Gasteiger charge is -2.33. The number of benzene rings is 2. The van der Waals surface area contributed by atoms with Gasteiger partial charge in [0.15, 0.2) is 0 Å². The van der Waals surface area contributed by atoms with E-state index in [-0.39, 0.29) is 5.91 Å². The molecule has 2 aliphatic heterocycles. The first-order chi connectivity index (χ1) is 18.0. The number of carboxylic acids is 2. The normalized spacial score (nSPS) is 16.2. The molecule has 0 spiro atoms. The number of halogens is 3. The zero-order chi connectivity index (χ0) is 27.7. The van der Waals surface area contributed by atoms with Crippen molar-refractivity contribution in [1.29, 1.82) is 0 Å². The Hall–Kier alpha value is -3.86. The molecule has 0 saturated carbocycles. The lowest BCUT2D eigenvalue weighted by molar-refractivity contribution is -0.137. The molecule has 0 aliphatic carbocycles. The number of piperidine rings is 1. The summed E-state index contributed by atoms with van der Waals surface area (Å²) in [5, 5.41) is 15.6. The van der Waals surface area contributed by atoms with E-state index < -0.39 is 23.7 Å². The summed E-state index contributed by atoms with van der Waals surface area (Å²) < 4.78 is 43.4. The summed E-state index contributed by atoms with van der Waals surface area (Å²) in [7, 11) is 0. The molecule has 1 saturated heterocycles. The predicted octanol–water partition coefficient (Wildman–Crippen LogP) is 4.16. The van der Waals surface area contributed by atoms with Gasteiger partial charge in [0.2, 0.25) is 0 Å². The van der Waals surface area contributed by atoms with E-state index in [0.29, 0.717) is 37.0 Å². The van der Waals surface area contributed by atoms with E-state index in [1.807, 2.05) is 29.2 Å². The van der Waals surface area contributed by atoms with Gasteiger partial charge >= 0.3 is 18.1 Å². The molecule has 8 nitrogen and oxygen atoms in total. The number of carbonyl (C=O) groups is 3. The van der Waals surface area contributed by atoms with Crippen LogP contribution in [0.3, 0.4) is 0 Å². The molecule has 0 bridgehead atoms. The van der Waals surface area contributed by atoms with Gasteiger partial charge in [-0.15, -0.1) is 0 Å². The number of rotatable bonds is 8. The highest BCUT2D eigenvalue weighted by Gasteiger charge is 2.31. The largest absolute Gasteiger partial charge is 0.492 e. The highest BCUT2D eigenvalue weighted by atomic mass is 19.4. The molecule has 2 aliphatic rings. The number of fused-ring (bicyclic) bond motifs is 1. The van der Waals surface area contributed by atoms with E-state index in [1.165, 1.54) is 12.1 Å². The Kier molecular flexibility index (Phi) is 9.89. The minimum atomic E-state index is -4.33. The van der Waals surface area contributed by atoms with E-state index in [1.54, 1.807) is 0 Å². The maximum Gasteiger partial charge on any atom is 0.416 e. The highest BCUT2D eigenvalue weighted by molar-refractivity contribution is 5.98. The number of carbonyl (C=O) groups excluding carboxylic acids is 1. The van der Waals surface area contributed by atoms with Crippen LogP contribution in [0.2, 0.25) is 0 Å². The lowest BCUT2D eigenvalue weighted by Crippen LogP contribution is -2.40. The first-order valence-electron chi connectivity index (χ1n) is 12.1. The fraction of sp³-hybridized carbons (Fsp3) is 0.370. The van der Waals surface area contributed by atoms with Gasteiger partial charge in [0, 0.05) is 37.3 Å². The van der Waals surface area contributed by atoms with Crippen LogP contribution in [0.1, 0.15) is 34.3 Å². The molecule has 204 valence electrons. The van der Waals surface area contributed by atoms with Crippen molar-refractivity contribution >= 4 is 17.8 Å². The molecule has 0 atom stereocenters. The maximum atomic E-state index is 12.6. The lowest BCUT2D eigenvalue weighted by atomic mass is 9.96. The van der Waals surface area contributed by atoms with Crippen LogP contribution < -0.4 is 4.74 Å².